The first-order valence-corrected chi connectivity index (χ1v) is 4.97. The van der Waals surface area contributed by atoms with Crippen LogP contribution in [-0.4, -0.2) is 29.1 Å². The molecule has 1 aromatic heterocycles. The van der Waals surface area contributed by atoms with Crippen LogP contribution in [0.3, 0.4) is 0 Å². The van der Waals surface area contributed by atoms with Gasteiger partial charge in [-0.1, -0.05) is 16.8 Å². The topological polar surface area (TPSA) is 68.5 Å². The van der Waals surface area contributed by atoms with E-state index in [0.717, 1.165) is 0 Å². The predicted molar refractivity (Wildman–Crippen MR) is 60.6 cm³/mol. The Morgan fingerprint density at radius 1 is 1.75 bits per heavy atom. The van der Waals surface area contributed by atoms with E-state index in [1.165, 1.54) is 19.5 Å². The van der Waals surface area contributed by atoms with Gasteiger partial charge >= 0.3 is 6.09 Å². The van der Waals surface area contributed by atoms with Crippen molar-refractivity contribution in [3.05, 3.63) is 17.4 Å². The lowest BCUT2D eigenvalue weighted by Gasteiger charge is -2.19. The quantitative estimate of drug-likeness (QED) is 0.499. The summed E-state index contributed by atoms with van der Waals surface area (Å²) >= 11 is 5.75. The van der Waals surface area contributed by atoms with Gasteiger partial charge in [0, 0.05) is 13.2 Å². The van der Waals surface area contributed by atoms with Crippen LogP contribution in [0.4, 0.5) is 4.79 Å². The van der Waals surface area contributed by atoms with Crippen LogP contribution >= 0.6 is 11.6 Å². The Morgan fingerprint density at radius 3 is 2.94 bits per heavy atom. The minimum atomic E-state index is -0.620. The molecule has 0 unspecified atom stereocenters. The number of aromatic nitrogens is 2. The van der Waals surface area contributed by atoms with Crippen LogP contribution in [0, 0.1) is 0 Å². The fraction of sp³-hybridized carbons (Fsp3) is 0.444. The molecular formula is C9H13ClN4O2. The van der Waals surface area contributed by atoms with E-state index >= 15 is 0 Å². The summed E-state index contributed by atoms with van der Waals surface area (Å²) in [6.45, 7) is 3.71. The normalized spacial score (nSPS) is 11.8. The van der Waals surface area contributed by atoms with Crippen LogP contribution in [0.1, 0.15) is 13.8 Å². The SMILES string of the molecule is CNC(=O)ON=CC(C)(C)n1cc(Cl)cn1. The molecule has 0 spiro atoms. The Hall–Kier alpha value is -1.56. The molecule has 0 fully saturated rings. The van der Waals surface area contributed by atoms with Gasteiger partial charge in [-0.05, 0) is 13.8 Å². The smallest absolute Gasteiger partial charge is 0.323 e. The average molecular weight is 245 g/mol. The Labute approximate surface area is 98.2 Å². The van der Waals surface area contributed by atoms with Crippen LogP contribution in [-0.2, 0) is 10.4 Å². The van der Waals surface area contributed by atoms with E-state index in [0.29, 0.717) is 5.02 Å². The monoisotopic (exact) mass is 244 g/mol. The number of nitrogens with zero attached hydrogens (tertiary/aromatic N) is 3. The molecule has 1 heterocycles. The van der Waals surface area contributed by atoms with Crippen LogP contribution in [0.15, 0.2) is 17.5 Å². The van der Waals surface area contributed by atoms with Gasteiger partial charge in [-0.15, -0.1) is 0 Å². The second kappa shape index (κ2) is 4.98. The highest BCUT2D eigenvalue weighted by Gasteiger charge is 2.19. The molecule has 7 heteroatoms. The van der Waals surface area contributed by atoms with Gasteiger partial charge in [0.2, 0.25) is 0 Å². The highest BCUT2D eigenvalue weighted by Crippen LogP contribution is 2.14. The van der Waals surface area contributed by atoms with E-state index in [1.807, 2.05) is 13.8 Å². The van der Waals surface area contributed by atoms with Crippen molar-refractivity contribution in [2.45, 2.75) is 19.4 Å². The predicted octanol–water partition coefficient (Wildman–Crippen LogP) is 1.61. The minimum absolute atomic E-state index is 0.527. The first-order valence-electron chi connectivity index (χ1n) is 4.59. The van der Waals surface area contributed by atoms with E-state index in [4.69, 9.17) is 11.6 Å². The lowest BCUT2D eigenvalue weighted by atomic mass is 10.1. The average Bonchev–Trinajstić information content (AvgIpc) is 2.65. The fourth-order valence-corrected chi connectivity index (χ4v) is 1.06. The summed E-state index contributed by atoms with van der Waals surface area (Å²) in [7, 11) is 1.45. The zero-order valence-electron chi connectivity index (χ0n) is 9.27. The van der Waals surface area contributed by atoms with Crippen molar-refractivity contribution in [2.75, 3.05) is 7.05 Å². The summed E-state index contributed by atoms with van der Waals surface area (Å²) in [6, 6.07) is 0. The molecule has 1 amide bonds. The number of carbonyl (C=O) groups excluding carboxylic acids is 1. The molecule has 0 aliphatic carbocycles. The van der Waals surface area contributed by atoms with Crippen LogP contribution in [0.25, 0.3) is 0 Å². The number of hydrogen-bond acceptors (Lipinski definition) is 4. The van der Waals surface area contributed by atoms with Crippen molar-refractivity contribution < 1.29 is 9.63 Å². The van der Waals surface area contributed by atoms with Gasteiger partial charge in [0.25, 0.3) is 0 Å². The number of carbonyl (C=O) groups is 1. The summed E-state index contributed by atoms with van der Waals surface area (Å²) in [4.78, 5) is 15.2. The number of hydrogen-bond donors (Lipinski definition) is 1. The molecule has 0 aliphatic rings. The van der Waals surface area contributed by atoms with Gasteiger partial charge < -0.3 is 5.32 Å². The summed E-state index contributed by atoms with van der Waals surface area (Å²) in [5, 5.41) is 10.4. The van der Waals surface area contributed by atoms with Gasteiger partial charge in [-0.2, -0.15) is 5.10 Å². The molecule has 0 bridgehead atoms. The molecule has 1 rings (SSSR count). The van der Waals surface area contributed by atoms with Gasteiger partial charge in [0.15, 0.2) is 0 Å². The maximum Gasteiger partial charge on any atom is 0.433 e. The molecule has 88 valence electrons. The summed E-state index contributed by atoms with van der Waals surface area (Å²) in [6.07, 6.45) is 4.03. The maximum absolute atomic E-state index is 10.7. The standard InChI is InChI=1S/C9H13ClN4O2/c1-9(2,6-13-16-8(15)11-3)14-5-7(10)4-12-14/h4-6H,1-3H3,(H,11,15). The third kappa shape index (κ3) is 3.23. The summed E-state index contributed by atoms with van der Waals surface area (Å²) < 4.78 is 1.62. The number of oxime groups is 1. The second-order valence-electron chi connectivity index (χ2n) is 3.62. The highest BCUT2D eigenvalue weighted by atomic mass is 35.5. The van der Waals surface area contributed by atoms with Crippen molar-refractivity contribution in [3.8, 4) is 0 Å². The van der Waals surface area contributed by atoms with Gasteiger partial charge in [0.1, 0.15) is 0 Å². The number of amides is 1. The van der Waals surface area contributed by atoms with E-state index < -0.39 is 11.6 Å². The Kier molecular flexibility index (Phi) is 3.89. The lowest BCUT2D eigenvalue weighted by molar-refractivity contribution is 0.152. The first kappa shape index (κ1) is 12.5. The molecule has 0 atom stereocenters. The van der Waals surface area contributed by atoms with E-state index in [9.17, 15) is 4.79 Å². The van der Waals surface area contributed by atoms with Gasteiger partial charge in [-0.3, -0.25) is 9.52 Å². The molecule has 0 saturated heterocycles. The van der Waals surface area contributed by atoms with Crippen molar-refractivity contribution in [1.29, 1.82) is 0 Å². The number of nitrogens with one attached hydrogen (secondary N) is 1. The van der Waals surface area contributed by atoms with Crippen molar-refractivity contribution in [3.63, 3.8) is 0 Å². The molecule has 1 aromatic rings. The van der Waals surface area contributed by atoms with E-state index in [1.54, 1.807) is 10.9 Å². The third-order valence-electron chi connectivity index (χ3n) is 1.85. The molecular weight excluding hydrogens is 232 g/mol. The molecule has 0 radical (unpaired) electrons. The molecule has 6 nitrogen and oxygen atoms in total. The summed E-state index contributed by atoms with van der Waals surface area (Å²) in [5.74, 6) is 0. The van der Waals surface area contributed by atoms with Crippen molar-refractivity contribution in [1.82, 2.24) is 15.1 Å². The lowest BCUT2D eigenvalue weighted by Crippen LogP contribution is -2.29. The second-order valence-corrected chi connectivity index (χ2v) is 4.06. The Bertz CT molecular complexity index is 400. The molecule has 16 heavy (non-hydrogen) atoms. The van der Waals surface area contributed by atoms with Gasteiger partial charge in [-0.25, -0.2) is 4.79 Å². The molecule has 0 saturated carbocycles. The van der Waals surface area contributed by atoms with E-state index in [2.05, 4.69) is 20.4 Å². The number of halogens is 1. The van der Waals surface area contributed by atoms with Crippen LogP contribution in [0.5, 0.6) is 0 Å². The Morgan fingerprint density at radius 2 is 2.44 bits per heavy atom. The largest absolute Gasteiger partial charge is 0.433 e. The van der Waals surface area contributed by atoms with Crippen LogP contribution in [0.2, 0.25) is 5.02 Å². The third-order valence-corrected chi connectivity index (χ3v) is 2.05. The molecule has 1 N–H and O–H groups in total. The molecule has 0 aromatic carbocycles. The maximum atomic E-state index is 10.7. The zero-order chi connectivity index (χ0) is 12.2. The fourth-order valence-electron chi connectivity index (χ4n) is 0.924. The summed E-state index contributed by atoms with van der Waals surface area (Å²) in [5.41, 5.74) is -0.527. The minimum Gasteiger partial charge on any atom is -0.323 e. The number of rotatable bonds is 3. The molecule has 0 aliphatic heterocycles. The van der Waals surface area contributed by atoms with Crippen molar-refractivity contribution >= 4 is 23.9 Å². The zero-order valence-corrected chi connectivity index (χ0v) is 10.0. The Balaban J connectivity index is 2.68. The van der Waals surface area contributed by atoms with E-state index in [-0.39, 0.29) is 0 Å². The van der Waals surface area contributed by atoms with Gasteiger partial charge in [0.05, 0.1) is 23.0 Å². The van der Waals surface area contributed by atoms with Crippen molar-refractivity contribution in [2.24, 2.45) is 5.16 Å². The van der Waals surface area contributed by atoms with Crippen LogP contribution < -0.4 is 5.32 Å². The first-order chi connectivity index (χ1) is 7.45. The highest BCUT2D eigenvalue weighted by molar-refractivity contribution is 6.30.